The Kier molecular flexibility index (Phi) is 5.23. The number of esters is 1. The van der Waals surface area contributed by atoms with Crippen LogP contribution in [-0.2, 0) is 14.3 Å². The summed E-state index contributed by atoms with van der Waals surface area (Å²) in [5.41, 5.74) is 4.46. The number of carbonyl (C=O) groups excluding carboxylic acids is 2. The van der Waals surface area contributed by atoms with Crippen LogP contribution in [0.15, 0.2) is 48.5 Å². The summed E-state index contributed by atoms with van der Waals surface area (Å²) in [4.78, 5) is 23.7. The largest absolute Gasteiger partial charge is 0.467 e. The minimum Gasteiger partial charge on any atom is -0.467 e. The Hall–Kier alpha value is -2.86. The van der Waals surface area contributed by atoms with E-state index in [1.54, 1.807) is 0 Å². The molecule has 2 unspecified atom stereocenters. The lowest BCUT2D eigenvalue weighted by Crippen LogP contribution is -2.48. The van der Waals surface area contributed by atoms with Gasteiger partial charge in [0.1, 0.15) is 6.61 Å². The topological polar surface area (TPSA) is 84.9 Å². The van der Waals surface area contributed by atoms with Gasteiger partial charge in [0, 0.05) is 5.92 Å². The highest BCUT2D eigenvalue weighted by atomic mass is 16.6. The lowest BCUT2D eigenvalue weighted by Gasteiger charge is -2.20. The molecule has 6 nitrogen and oxygen atoms in total. The molecule has 0 heterocycles. The molecule has 6 heteroatoms. The number of aliphatic hydroxyl groups excluding tert-OH is 1. The van der Waals surface area contributed by atoms with E-state index in [1.165, 1.54) is 14.0 Å². The van der Waals surface area contributed by atoms with Crippen LogP contribution in [0.2, 0.25) is 0 Å². The molecule has 2 atom stereocenters. The second-order valence-electron chi connectivity index (χ2n) is 6.21. The number of hydrogen-bond acceptors (Lipinski definition) is 5. The molecule has 136 valence electrons. The third-order valence-corrected chi connectivity index (χ3v) is 4.55. The van der Waals surface area contributed by atoms with Crippen LogP contribution in [0, 0.1) is 0 Å². The fourth-order valence-electron chi connectivity index (χ4n) is 3.27. The van der Waals surface area contributed by atoms with Crippen molar-refractivity contribution in [3.05, 3.63) is 59.7 Å². The number of aliphatic hydroxyl groups is 1. The minimum absolute atomic E-state index is 0.0729. The van der Waals surface area contributed by atoms with E-state index in [0.717, 1.165) is 22.3 Å². The van der Waals surface area contributed by atoms with Gasteiger partial charge < -0.3 is 19.9 Å². The van der Waals surface area contributed by atoms with Crippen LogP contribution in [0.25, 0.3) is 11.1 Å². The van der Waals surface area contributed by atoms with Crippen molar-refractivity contribution in [3.63, 3.8) is 0 Å². The maximum absolute atomic E-state index is 12.1. The number of hydrogen-bond donors (Lipinski definition) is 2. The van der Waals surface area contributed by atoms with Gasteiger partial charge in [-0.3, -0.25) is 0 Å². The van der Waals surface area contributed by atoms with Crippen molar-refractivity contribution >= 4 is 12.1 Å². The molecule has 0 saturated heterocycles. The Bertz CT molecular complexity index is 772. The van der Waals surface area contributed by atoms with Gasteiger partial charge >= 0.3 is 12.1 Å². The van der Waals surface area contributed by atoms with Crippen molar-refractivity contribution in [2.24, 2.45) is 0 Å². The highest BCUT2D eigenvalue weighted by Crippen LogP contribution is 2.44. The summed E-state index contributed by atoms with van der Waals surface area (Å²) in [5.74, 6) is -0.801. The Balaban J connectivity index is 1.72. The fraction of sp³-hybridized carbons (Fsp3) is 0.300. The molecule has 0 fully saturated rings. The van der Waals surface area contributed by atoms with E-state index in [-0.39, 0.29) is 12.5 Å². The number of amides is 1. The van der Waals surface area contributed by atoms with Crippen LogP contribution in [0.3, 0.4) is 0 Å². The van der Waals surface area contributed by atoms with Gasteiger partial charge in [0.2, 0.25) is 0 Å². The fourth-order valence-corrected chi connectivity index (χ4v) is 3.27. The van der Waals surface area contributed by atoms with Crippen molar-refractivity contribution in [1.29, 1.82) is 0 Å². The molecule has 0 bridgehead atoms. The predicted molar refractivity (Wildman–Crippen MR) is 95.7 cm³/mol. The molecule has 0 aliphatic heterocycles. The first-order chi connectivity index (χ1) is 12.5. The van der Waals surface area contributed by atoms with Gasteiger partial charge in [-0.25, -0.2) is 9.59 Å². The molecule has 0 aromatic heterocycles. The average Bonchev–Trinajstić information content (AvgIpc) is 2.97. The summed E-state index contributed by atoms with van der Waals surface area (Å²) in [6.07, 6.45) is -1.87. The number of nitrogens with one attached hydrogen (secondary N) is 1. The van der Waals surface area contributed by atoms with Crippen LogP contribution < -0.4 is 5.32 Å². The van der Waals surface area contributed by atoms with E-state index in [9.17, 15) is 14.7 Å². The molecule has 1 aliphatic carbocycles. The smallest absolute Gasteiger partial charge is 0.407 e. The van der Waals surface area contributed by atoms with E-state index >= 15 is 0 Å². The van der Waals surface area contributed by atoms with Crippen molar-refractivity contribution in [2.45, 2.75) is 25.0 Å². The molecule has 2 aromatic carbocycles. The number of alkyl carbamates (subject to hydrolysis) is 1. The first-order valence-corrected chi connectivity index (χ1v) is 8.40. The molecule has 3 rings (SSSR count). The molecule has 1 amide bonds. The molecule has 2 aromatic rings. The zero-order valence-corrected chi connectivity index (χ0v) is 14.6. The van der Waals surface area contributed by atoms with Crippen molar-refractivity contribution in [3.8, 4) is 11.1 Å². The summed E-state index contributed by atoms with van der Waals surface area (Å²) in [5, 5.41) is 12.0. The molecule has 26 heavy (non-hydrogen) atoms. The Labute approximate surface area is 151 Å². The van der Waals surface area contributed by atoms with Crippen molar-refractivity contribution < 1.29 is 24.2 Å². The number of carbonyl (C=O) groups is 2. The van der Waals surface area contributed by atoms with Crippen LogP contribution in [0.1, 0.15) is 24.0 Å². The van der Waals surface area contributed by atoms with Gasteiger partial charge in [-0.2, -0.15) is 0 Å². The normalized spacial score (nSPS) is 14.7. The van der Waals surface area contributed by atoms with Crippen LogP contribution >= 0.6 is 0 Å². The van der Waals surface area contributed by atoms with E-state index in [4.69, 9.17) is 4.74 Å². The lowest BCUT2D eigenvalue weighted by atomic mass is 9.98. The summed E-state index contributed by atoms with van der Waals surface area (Å²) in [6, 6.07) is 14.9. The third kappa shape index (κ3) is 3.41. The van der Waals surface area contributed by atoms with Crippen molar-refractivity contribution in [2.75, 3.05) is 13.7 Å². The van der Waals surface area contributed by atoms with E-state index in [0.29, 0.717) is 0 Å². The zero-order chi connectivity index (χ0) is 18.7. The van der Waals surface area contributed by atoms with Gasteiger partial charge in [0.25, 0.3) is 0 Å². The summed E-state index contributed by atoms with van der Waals surface area (Å²) in [7, 11) is 1.19. The standard InChI is InChI=1S/C20H21NO5/c1-12(22)18(19(23)25-2)21-20(24)26-11-17-15-9-5-3-7-13(15)14-8-4-6-10-16(14)17/h3-10,12,17-18,22H,11H2,1-2H3,(H,21,24). The summed E-state index contributed by atoms with van der Waals surface area (Å²) >= 11 is 0. The van der Waals surface area contributed by atoms with E-state index in [1.807, 2.05) is 36.4 Å². The molecule has 2 N–H and O–H groups in total. The van der Waals surface area contributed by atoms with E-state index in [2.05, 4.69) is 22.2 Å². The van der Waals surface area contributed by atoms with Gasteiger partial charge in [-0.05, 0) is 29.2 Å². The average molecular weight is 355 g/mol. The van der Waals surface area contributed by atoms with Crippen molar-refractivity contribution in [1.82, 2.24) is 5.32 Å². The number of ether oxygens (including phenoxy) is 2. The molecule has 0 saturated carbocycles. The van der Waals surface area contributed by atoms with Gasteiger partial charge in [0.05, 0.1) is 13.2 Å². The maximum Gasteiger partial charge on any atom is 0.407 e. The van der Waals surface area contributed by atoms with Gasteiger partial charge in [0.15, 0.2) is 6.04 Å². The Morgan fingerprint density at radius 2 is 1.62 bits per heavy atom. The van der Waals surface area contributed by atoms with Crippen LogP contribution in [0.5, 0.6) is 0 Å². The van der Waals surface area contributed by atoms with Gasteiger partial charge in [-0.15, -0.1) is 0 Å². The Morgan fingerprint density at radius 1 is 1.08 bits per heavy atom. The summed E-state index contributed by atoms with van der Waals surface area (Å²) < 4.78 is 9.92. The third-order valence-electron chi connectivity index (χ3n) is 4.55. The summed E-state index contributed by atoms with van der Waals surface area (Å²) in [6.45, 7) is 1.53. The number of methoxy groups -OCH3 is 1. The van der Waals surface area contributed by atoms with Gasteiger partial charge in [-0.1, -0.05) is 48.5 Å². The lowest BCUT2D eigenvalue weighted by molar-refractivity contribution is -0.145. The first-order valence-electron chi connectivity index (χ1n) is 8.40. The van der Waals surface area contributed by atoms with Crippen LogP contribution in [-0.4, -0.2) is 43.0 Å². The second-order valence-corrected chi connectivity index (χ2v) is 6.21. The SMILES string of the molecule is COC(=O)C(NC(=O)OCC1c2ccccc2-c2ccccc21)C(C)O. The zero-order valence-electron chi connectivity index (χ0n) is 14.6. The quantitative estimate of drug-likeness (QED) is 0.805. The molecular formula is C20H21NO5. The monoisotopic (exact) mass is 355 g/mol. The first kappa shape index (κ1) is 17.9. The number of rotatable bonds is 5. The highest BCUT2D eigenvalue weighted by Gasteiger charge is 2.31. The van der Waals surface area contributed by atoms with E-state index < -0.39 is 24.2 Å². The molecular weight excluding hydrogens is 334 g/mol. The maximum atomic E-state index is 12.1. The predicted octanol–water partition coefficient (Wildman–Crippen LogP) is 2.45. The second kappa shape index (κ2) is 7.58. The molecule has 1 aliphatic rings. The highest BCUT2D eigenvalue weighted by molar-refractivity contribution is 5.82. The molecule has 0 spiro atoms. The molecule has 0 radical (unpaired) electrons. The number of fused-ring (bicyclic) bond motifs is 3. The minimum atomic E-state index is -1.17. The van der Waals surface area contributed by atoms with Crippen LogP contribution in [0.4, 0.5) is 4.79 Å². The number of benzene rings is 2. The Morgan fingerprint density at radius 3 is 2.12 bits per heavy atom.